The van der Waals surface area contributed by atoms with Gasteiger partial charge >= 0.3 is 6.03 Å². The van der Waals surface area contributed by atoms with E-state index in [1.807, 2.05) is 52.1 Å². The number of H-pyrrole nitrogens is 1. The lowest BCUT2D eigenvalue weighted by Crippen LogP contribution is -2.49. The van der Waals surface area contributed by atoms with Crippen molar-refractivity contribution in [3.63, 3.8) is 0 Å². The molecule has 4 aromatic heterocycles. The van der Waals surface area contributed by atoms with Crippen molar-refractivity contribution in [3.8, 4) is 17.0 Å². The van der Waals surface area contributed by atoms with E-state index in [2.05, 4.69) is 53.0 Å². The second-order valence-corrected chi connectivity index (χ2v) is 18.3. The van der Waals surface area contributed by atoms with Crippen molar-refractivity contribution in [1.29, 1.82) is 0 Å². The lowest BCUT2D eigenvalue weighted by atomic mass is 9.89. The van der Waals surface area contributed by atoms with E-state index in [0.29, 0.717) is 72.3 Å². The van der Waals surface area contributed by atoms with Gasteiger partial charge in [0, 0.05) is 62.8 Å². The highest BCUT2D eigenvalue weighted by Crippen LogP contribution is 2.35. The van der Waals surface area contributed by atoms with Gasteiger partial charge in [0.05, 0.1) is 22.7 Å². The maximum absolute atomic E-state index is 14.0. The molecule has 0 aliphatic carbocycles. The summed E-state index contributed by atoms with van der Waals surface area (Å²) in [4.78, 5) is 37.8. The van der Waals surface area contributed by atoms with Crippen LogP contribution in [0.25, 0.3) is 27.8 Å². The molecule has 60 heavy (non-hydrogen) atoms. The van der Waals surface area contributed by atoms with E-state index in [9.17, 15) is 18.0 Å². The number of aromatic nitrogens is 8. The van der Waals surface area contributed by atoms with Gasteiger partial charge < -0.3 is 10.1 Å². The van der Waals surface area contributed by atoms with Crippen LogP contribution in [0.2, 0.25) is 0 Å². The highest BCUT2D eigenvalue weighted by Gasteiger charge is 2.35. The van der Waals surface area contributed by atoms with Gasteiger partial charge in [-0.15, -0.1) is 5.10 Å². The molecule has 3 aliphatic rings. The number of benzene rings is 2. The normalized spacial score (nSPS) is 20.1. The summed E-state index contributed by atoms with van der Waals surface area (Å²) >= 11 is 0. The summed E-state index contributed by atoms with van der Waals surface area (Å²) in [5, 5.41) is 22.9. The van der Waals surface area contributed by atoms with Crippen molar-refractivity contribution < 1.29 is 22.7 Å². The Balaban J connectivity index is 0.814. The highest BCUT2D eigenvalue weighted by atomic mass is 32.2. The van der Waals surface area contributed by atoms with Gasteiger partial charge in [-0.2, -0.15) is 24.0 Å². The number of sulfonamides is 1. The number of urea groups is 1. The number of likely N-dealkylation sites (tertiary alicyclic amines) is 1. The van der Waals surface area contributed by atoms with Crippen LogP contribution in [0.4, 0.5) is 16.6 Å². The first-order valence-electron chi connectivity index (χ1n) is 20.5. The third-order valence-electron chi connectivity index (χ3n) is 11.8. The molecule has 19 heteroatoms. The lowest BCUT2D eigenvalue weighted by Gasteiger charge is -2.36. The topological polar surface area (TPSA) is 201 Å². The summed E-state index contributed by atoms with van der Waals surface area (Å²) < 4.78 is 39.2. The molecule has 0 spiro atoms. The summed E-state index contributed by atoms with van der Waals surface area (Å²) in [6.45, 7) is 9.39. The number of ether oxygens (including phenoxy) is 1. The molecule has 2 atom stereocenters. The maximum atomic E-state index is 14.0. The second kappa shape index (κ2) is 15.9. The minimum absolute atomic E-state index is 0.0145. The number of aryl methyl sites for hydroxylation is 1. The molecule has 314 valence electrons. The van der Waals surface area contributed by atoms with Gasteiger partial charge in [0.1, 0.15) is 12.0 Å². The van der Waals surface area contributed by atoms with Crippen LogP contribution in [0.15, 0.2) is 66.1 Å². The predicted octanol–water partition coefficient (Wildman–Crippen LogP) is 4.53. The molecule has 3 aliphatic heterocycles. The molecule has 0 saturated carbocycles. The summed E-state index contributed by atoms with van der Waals surface area (Å²) in [7, 11) is -1.85. The zero-order valence-corrected chi connectivity index (χ0v) is 34.9. The Labute approximate surface area is 347 Å². The third-order valence-corrected chi connectivity index (χ3v) is 13.7. The quantitative estimate of drug-likeness (QED) is 0.165. The number of hydrogen-bond acceptors (Lipinski definition) is 12. The van der Waals surface area contributed by atoms with Gasteiger partial charge in [-0.3, -0.25) is 29.7 Å². The number of carbonyl (C=O) groups excluding carboxylic acids is 2. The van der Waals surface area contributed by atoms with Gasteiger partial charge in [-0.1, -0.05) is 25.1 Å². The smallest absolute Gasteiger partial charge is 0.329 e. The number of nitrogens with one attached hydrogen (secondary N) is 3. The number of aromatic amines is 1. The minimum Gasteiger partial charge on any atom is -0.485 e. The molecule has 0 bridgehead atoms. The molecule has 3 N–H and O–H groups in total. The van der Waals surface area contributed by atoms with Crippen molar-refractivity contribution in [2.45, 2.75) is 76.0 Å². The average Bonchev–Trinajstić information content (AvgIpc) is 3.99. The van der Waals surface area contributed by atoms with Crippen LogP contribution < -0.4 is 20.3 Å². The number of amides is 3. The number of piperidine rings is 2. The van der Waals surface area contributed by atoms with Crippen molar-refractivity contribution in [2.75, 3.05) is 42.9 Å². The Bertz CT molecular complexity index is 2670. The van der Waals surface area contributed by atoms with Crippen LogP contribution in [-0.2, 0) is 28.4 Å². The molecule has 2 aromatic carbocycles. The molecular formula is C41H49N13O5S. The Morgan fingerprint density at radius 3 is 2.60 bits per heavy atom. The van der Waals surface area contributed by atoms with Crippen LogP contribution in [0.3, 0.4) is 0 Å². The van der Waals surface area contributed by atoms with E-state index in [1.165, 1.54) is 10.5 Å². The Hall–Kier alpha value is -5.92. The minimum atomic E-state index is -3.72. The summed E-state index contributed by atoms with van der Waals surface area (Å²) in [6, 6.07) is 13.2. The Kier molecular flexibility index (Phi) is 10.5. The zero-order valence-electron chi connectivity index (χ0n) is 34.1. The Morgan fingerprint density at radius 1 is 1.02 bits per heavy atom. The van der Waals surface area contributed by atoms with Crippen molar-refractivity contribution in [1.82, 2.24) is 54.1 Å². The lowest BCUT2D eigenvalue weighted by molar-refractivity contribution is -0.120. The fraction of sp³-hybridized carbons (Fsp3) is 0.439. The number of hydrogen-bond donors (Lipinski definition) is 3. The molecule has 3 amide bonds. The Morgan fingerprint density at radius 2 is 1.85 bits per heavy atom. The maximum Gasteiger partial charge on any atom is 0.329 e. The van der Waals surface area contributed by atoms with Crippen LogP contribution >= 0.6 is 0 Å². The van der Waals surface area contributed by atoms with E-state index >= 15 is 0 Å². The zero-order chi connectivity index (χ0) is 41.7. The fourth-order valence-electron chi connectivity index (χ4n) is 8.64. The number of carbonyl (C=O) groups is 2. The van der Waals surface area contributed by atoms with Gasteiger partial charge in [-0.25, -0.2) is 18.2 Å². The monoisotopic (exact) mass is 835 g/mol. The van der Waals surface area contributed by atoms with E-state index in [0.717, 1.165) is 48.0 Å². The van der Waals surface area contributed by atoms with Crippen LogP contribution in [-0.4, -0.2) is 114 Å². The third kappa shape index (κ3) is 7.67. The van der Waals surface area contributed by atoms with E-state index < -0.39 is 16.1 Å². The standard InChI is InChI=1S/C41H49N13O5S/c1-25(2)59-37-36(30-20-43-44-21-30)42-24-54-39(37)47-40(49-54)45-33-12-16-52(22-26(33)3)60(57,58)31-7-5-6-27(18-31)23-51-14-10-28(11-15-51)29-8-9-32-34(19-29)50(4)48-38(32)53-17-13-35(55)46-41(53)56/h5-9,18-21,24-26,28,33H,10-17,22-23H2,1-4H3,(H,43,44)(H,45,49)(H,46,55,56)/t26-,33+/m1/s1. The second-order valence-electron chi connectivity index (χ2n) is 16.3. The fourth-order valence-corrected chi connectivity index (χ4v) is 10.3. The van der Waals surface area contributed by atoms with E-state index in [4.69, 9.17) is 9.72 Å². The summed E-state index contributed by atoms with van der Waals surface area (Å²) in [5.74, 6) is 1.57. The summed E-state index contributed by atoms with van der Waals surface area (Å²) in [6.07, 6.45) is 7.68. The largest absolute Gasteiger partial charge is 0.485 e. The number of imide groups is 1. The SMILES string of the molecule is CC(C)Oc1c(-c2cn[nH]c2)ncn2nc(N[C@H]3CCN(S(=O)(=O)c4cccc(CN5CCC(c6ccc7c(N8CCC(=O)NC8=O)nn(C)c7c6)CC5)c4)C[C@H]3C)nc12. The van der Waals surface area contributed by atoms with Gasteiger partial charge in [0.15, 0.2) is 11.6 Å². The molecule has 6 aromatic rings. The molecule has 0 radical (unpaired) electrons. The average molecular weight is 836 g/mol. The first kappa shape index (κ1) is 39.5. The number of fused-ring (bicyclic) bond motifs is 2. The van der Waals surface area contributed by atoms with Gasteiger partial charge in [-0.05, 0) is 93.4 Å². The molecule has 9 rings (SSSR count). The predicted molar refractivity (Wildman–Crippen MR) is 224 cm³/mol. The molecule has 0 unspecified atom stereocenters. The van der Waals surface area contributed by atoms with Gasteiger partial charge in [0.2, 0.25) is 27.5 Å². The van der Waals surface area contributed by atoms with E-state index in [-0.39, 0.29) is 30.4 Å². The van der Waals surface area contributed by atoms with Gasteiger partial charge in [0.25, 0.3) is 0 Å². The molecular weight excluding hydrogens is 787 g/mol. The number of anilines is 2. The van der Waals surface area contributed by atoms with Crippen molar-refractivity contribution >= 4 is 50.3 Å². The van der Waals surface area contributed by atoms with E-state index in [1.54, 1.807) is 38.3 Å². The van der Waals surface area contributed by atoms with Crippen LogP contribution in [0, 0.1) is 5.92 Å². The molecule has 18 nitrogen and oxygen atoms in total. The van der Waals surface area contributed by atoms with Crippen LogP contribution in [0.5, 0.6) is 5.75 Å². The number of rotatable bonds is 11. The molecule has 7 heterocycles. The van der Waals surface area contributed by atoms with Crippen LogP contribution in [0.1, 0.15) is 63.5 Å². The van der Waals surface area contributed by atoms with Crippen molar-refractivity contribution in [3.05, 3.63) is 72.3 Å². The first-order chi connectivity index (χ1) is 28.9. The first-order valence-corrected chi connectivity index (χ1v) is 21.9. The highest BCUT2D eigenvalue weighted by molar-refractivity contribution is 7.89. The number of nitrogens with zero attached hydrogens (tertiary/aromatic N) is 10. The van der Waals surface area contributed by atoms with Crippen molar-refractivity contribution in [2.24, 2.45) is 13.0 Å². The summed E-state index contributed by atoms with van der Waals surface area (Å²) in [5.41, 5.74) is 5.06. The molecule has 3 saturated heterocycles. The molecule has 3 fully saturated rings.